The monoisotopic (exact) mass is 348 g/mol. The molecule has 1 atom stereocenters. The number of hydrogen-bond acceptors (Lipinski definition) is 4. The first-order valence-electron chi connectivity index (χ1n) is 8.70. The fourth-order valence-corrected chi connectivity index (χ4v) is 3.50. The molecule has 4 rings (SSSR count). The van der Waals surface area contributed by atoms with Crippen LogP contribution >= 0.6 is 0 Å². The topological polar surface area (TPSA) is 71.2 Å². The van der Waals surface area contributed by atoms with Crippen LogP contribution < -0.4 is 4.90 Å². The van der Waals surface area contributed by atoms with Crippen LogP contribution in [-0.2, 0) is 0 Å². The van der Waals surface area contributed by atoms with Crippen LogP contribution in [0.1, 0.15) is 34.0 Å². The van der Waals surface area contributed by atoms with Crippen molar-refractivity contribution in [3.8, 4) is 5.69 Å². The summed E-state index contributed by atoms with van der Waals surface area (Å²) in [5.74, 6) is -0.233. The lowest BCUT2D eigenvalue weighted by Crippen LogP contribution is -2.22. The average molecular weight is 348 g/mol. The number of anilines is 1. The normalized spacial score (nSPS) is 16.8. The third-order valence-corrected chi connectivity index (χ3v) is 4.89. The van der Waals surface area contributed by atoms with Crippen molar-refractivity contribution in [2.75, 3.05) is 18.0 Å². The highest BCUT2D eigenvalue weighted by Gasteiger charge is 2.30. The van der Waals surface area contributed by atoms with Gasteiger partial charge in [0.05, 0.1) is 5.69 Å². The van der Waals surface area contributed by atoms with E-state index in [1.807, 2.05) is 54.3 Å². The lowest BCUT2D eigenvalue weighted by Gasteiger charge is -2.16. The number of hydrogen-bond donors (Lipinski definition) is 1. The number of carboxylic acids is 1. The van der Waals surface area contributed by atoms with Crippen molar-refractivity contribution in [3.63, 3.8) is 0 Å². The maximum absolute atomic E-state index is 11.7. The van der Waals surface area contributed by atoms with E-state index in [9.17, 15) is 9.90 Å². The number of benzene rings is 2. The van der Waals surface area contributed by atoms with Gasteiger partial charge < -0.3 is 10.0 Å². The highest BCUT2D eigenvalue weighted by molar-refractivity contribution is 5.91. The molecule has 3 aromatic rings. The number of carbonyl (C=O) groups is 1. The van der Waals surface area contributed by atoms with Gasteiger partial charge in [0.25, 0.3) is 0 Å². The van der Waals surface area contributed by atoms with E-state index >= 15 is 0 Å². The van der Waals surface area contributed by atoms with Gasteiger partial charge in [-0.05, 0) is 30.5 Å². The number of nitrogens with zero attached hydrogens (tertiary/aromatic N) is 4. The highest BCUT2D eigenvalue weighted by atomic mass is 16.4. The fourth-order valence-electron chi connectivity index (χ4n) is 3.50. The first-order chi connectivity index (χ1) is 12.6. The molecular formula is C20H20N4O2. The van der Waals surface area contributed by atoms with Gasteiger partial charge in [-0.3, -0.25) is 0 Å². The van der Waals surface area contributed by atoms with Crippen LogP contribution in [0.2, 0.25) is 0 Å². The van der Waals surface area contributed by atoms with Crippen molar-refractivity contribution >= 4 is 11.8 Å². The van der Waals surface area contributed by atoms with Gasteiger partial charge in [0, 0.05) is 19.0 Å². The van der Waals surface area contributed by atoms with Crippen LogP contribution in [0.4, 0.5) is 5.82 Å². The van der Waals surface area contributed by atoms with Crippen molar-refractivity contribution < 1.29 is 9.90 Å². The third kappa shape index (κ3) is 2.94. The Morgan fingerprint density at radius 1 is 1.08 bits per heavy atom. The number of rotatable bonds is 4. The second kappa shape index (κ2) is 6.63. The van der Waals surface area contributed by atoms with E-state index < -0.39 is 5.97 Å². The molecule has 0 bridgehead atoms. The van der Waals surface area contributed by atoms with Crippen LogP contribution in [0.3, 0.4) is 0 Å². The van der Waals surface area contributed by atoms with Gasteiger partial charge in [0.1, 0.15) is 0 Å². The minimum atomic E-state index is -1.05. The van der Waals surface area contributed by atoms with Gasteiger partial charge in [-0.15, -0.1) is 15.0 Å². The van der Waals surface area contributed by atoms with Gasteiger partial charge in [-0.1, -0.05) is 48.5 Å². The summed E-state index contributed by atoms with van der Waals surface area (Å²) >= 11 is 0. The zero-order chi connectivity index (χ0) is 18.1. The number of aromatic carboxylic acids is 1. The van der Waals surface area contributed by atoms with E-state index in [0.717, 1.165) is 30.8 Å². The summed E-state index contributed by atoms with van der Waals surface area (Å²) in [4.78, 5) is 15.2. The van der Waals surface area contributed by atoms with Crippen LogP contribution in [0, 0.1) is 6.92 Å². The summed E-state index contributed by atoms with van der Waals surface area (Å²) in [6.07, 6.45) is 0.973. The summed E-state index contributed by atoms with van der Waals surface area (Å²) in [5.41, 5.74) is 3.06. The Morgan fingerprint density at radius 3 is 2.54 bits per heavy atom. The van der Waals surface area contributed by atoms with Crippen LogP contribution in [0.5, 0.6) is 0 Å². The lowest BCUT2D eigenvalue weighted by molar-refractivity contribution is 0.0690. The van der Waals surface area contributed by atoms with Crippen LogP contribution in [0.15, 0.2) is 54.6 Å². The molecule has 0 spiro atoms. The minimum Gasteiger partial charge on any atom is -0.476 e. The molecule has 132 valence electrons. The third-order valence-electron chi connectivity index (χ3n) is 4.89. The summed E-state index contributed by atoms with van der Waals surface area (Å²) in [7, 11) is 0. The molecule has 1 saturated heterocycles. The smallest absolute Gasteiger partial charge is 0.360 e. The second-order valence-corrected chi connectivity index (χ2v) is 6.60. The fraction of sp³-hybridized carbons (Fsp3) is 0.250. The minimum absolute atomic E-state index is 0.00182. The number of aryl methyl sites for hydroxylation is 1. The zero-order valence-electron chi connectivity index (χ0n) is 14.5. The molecule has 0 saturated carbocycles. The Hall–Kier alpha value is -3.15. The van der Waals surface area contributed by atoms with Crippen LogP contribution in [0.25, 0.3) is 5.69 Å². The molecule has 26 heavy (non-hydrogen) atoms. The Balaban J connectivity index is 1.66. The first-order valence-corrected chi connectivity index (χ1v) is 8.70. The van der Waals surface area contributed by atoms with Crippen molar-refractivity contribution in [2.45, 2.75) is 19.3 Å². The molecule has 2 heterocycles. The van der Waals surface area contributed by atoms with E-state index in [1.165, 1.54) is 10.4 Å². The predicted molar refractivity (Wildman–Crippen MR) is 99.1 cm³/mol. The molecule has 0 aliphatic carbocycles. The summed E-state index contributed by atoms with van der Waals surface area (Å²) in [6, 6.07) is 18.0. The molecule has 1 fully saturated rings. The highest BCUT2D eigenvalue weighted by Crippen LogP contribution is 2.31. The van der Waals surface area contributed by atoms with E-state index in [0.29, 0.717) is 11.7 Å². The first kappa shape index (κ1) is 16.3. The Morgan fingerprint density at radius 2 is 1.81 bits per heavy atom. The Labute approximate surface area is 151 Å². The molecule has 2 aromatic carbocycles. The molecule has 6 heteroatoms. The van der Waals surface area contributed by atoms with E-state index in [1.54, 1.807) is 0 Å². The predicted octanol–water partition coefficient (Wildman–Crippen LogP) is 3.27. The van der Waals surface area contributed by atoms with E-state index in [-0.39, 0.29) is 5.69 Å². The van der Waals surface area contributed by atoms with Gasteiger partial charge in [0.2, 0.25) is 5.69 Å². The summed E-state index contributed by atoms with van der Waals surface area (Å²) in [5, 5.41) is 18.4. The molecule has 1 unspecified atom stereocenters. The van der Waals surface area contributed by atoms with Crippen molar-refractivity contribution in [3.05, 3.63) is 71.4 Å². The van der Waals surface area contributed by atoms with Gasteiger partial charge in [-0.2, -0.15) is 0 Å². The van der Waals surface area contributed by atoms with E-state index in [4.69, 9.17) is 0 Å². The number of carboxylic acid groups (broad SMARTS) is 1. The van der Waals surface area contributed by atoms with Gasteiger partial charge in [-0.25, -0.2) is 4.79 Å². The molecule has 6 nitrogen and oxygen atoms in total. The maximum atomic E-state index is 11.7. The van der Waals surface area contributed by atoms with Crippen molar-refractivity contribution in [1.82, 2.24) is 15.0 Å². The average Bonchev–Trinajstić information content (AvgIpc) is 3.30. The lowest BCUT2D eigenvalue weighted by atomic mass is 9.99. The van der Waals surface area contributed by atoms with Gasteiger partial charge >= 0.3 is 5.97 Å². The molecule has 0 radical (unpaired) electrons. The second-order valence-electron chi connectivity index (χ2n) is 6.60. The molecule has 1 aromatic heterocycles. The Bertz CT molecular complexity index is 936. The molecular weight excluding hydrogens is 328 g/mol. The zero-order valence-corrected chi connectivity index (χ0v) is 14.5. The van der Waals surface area contributed by atoms with Crippen molar-refractivity contribution in [2.24, 2.45) is 0 Å². The maximum Gasteiger partial charge on any atom is 0.360 e. The molecule has 0 amide bonds. The van der Waals surface area contributed by atoms with Gasteiger partial charge in [0.15, 0.2) is 5.82 Å². The van der Waals surface area contributed by atoms with Crippen molar-refractivity contribution in [1.29, 1.82) is 0 Å². The largest absolute Gasteiger partial charge is 0.476 e. The standard InChI is InChI=1S/C20H20N4O2/c1-14-7-5-6-10-17(14)24-21-18(20(25)26)19(22-24)23-12-11-16(13-23)15-8-3-2-4-9-15/h2-10,16H,11-13H2,1H3,(H,25,26). The van der Waals surface area contributed by atoms with Crippen LogP contribution in [-0.4, -0.2) is 39.2 Å². The molecule has 1 N–H and O–H groups in total. The SMILES string of the molecule is Cc1ccccc1-n1nc(C(=O)O)c(N2CCC(c3ccccc3)C2)n1. The molecule has 1 aliphatic heterocycles. The molecule has 1 aliphatic rings. The quantitative estimate of drug-likeness (QED) is 0.783. The summed E-state index contributed by atoms with van der Waals surface area (Å²) in [6.45, 7) is 3.48. The Kier molecular flexibility index (Phi) is 4.16. The number of para-hydroxylation sites is 1. The van der Waals surface area contributed by atoms with E-state index in [2.05, 4.69) is 22.3 Å². The summed E-state index contributed by atoms with van der Waals surface area (Å²) < 4.78 is 0. The number of aromatic nitrogens is 3.